The number of unbranched alkanes of at least 4 members (excludes halogenated alkanes) is 1. The van der Waals surface area contributed by atoms with Crippen LogP contribution in [-0.2, 0) is 9.53 Å². The van der Waals surface area contributed by atoms with E-state index in [0.717, 1.165) is 38.5 Å². The van der Waals surface area contributed by atoms with Gasteiger partial charge in [0, 0.05) is 39.8 Å². The maximum absolute atomic E-state index is 16.0. The zero-order valence-corrected chi connectivity index (χ0v) is 25.3. The summed E-state index contributed by atoms with van der Waals surface area (Å²) in [5.41, 5.74) is 1.86. The maximum atomic E-state index is 16.0. The Balaban J connectivity index is 1.54. The van der Waals surface area contributed by atoms with Crippen LogP contribution in [0.1, 0.15) is 86.4 Å². The predicted molar refractivity (Wildman–Crippen MR) is 163 cm³/mol. The van der Waals surface area contributed by atoms with Gasteiger partial charge in [-0.15, -0.1) is 11.3 Å². The average molecular weight is 620 g/mol. The van der Waals surface area contributed by atoms with Crippen LogP contribution in [0.5, 0.6) is 0 Å². The van der Waals surface area contributed by atoms with Crippen molar-refractivity contribution in [2.24, 2.45) is 5.92 Å². The molecule has 0 saturated heterocycles. The summed E-state index contributed by atoms with van der Waals surface area (Å²) < 4.78 is 22.3. The number of carboxylic acids is 1. The number of carboxylic acid groups (broad SMARTS) is 1. The van der Waals surface area contributed by atoms with Gasteiger partial charge in [0.2, 0.25) is 0 Å². The smallest absolute Gasteiger partial charge is 0.331 e. The summed E-state index contributed by atoms with van der Waals surface area (Å²) in [6.07, 6.45) is 8.51. The van der Waals surface area contributed by atoms with Crippen molar-refractivity contribution in [2.75, 3.05) is 11.9 Å². The van der Waals surface area contributed by atoms with Crippen molar-refractivity contribution in [2.45, 2.75) is 64.9 Å². The van der Waals surface area contributed by atoms with E-state index >= 15 is 4.39 Å². The Morgan fingerprint density at radius 2 is 1.93 bits per heavy atom. The molecular formula is C31H33Cl2FN2O4S. The number of aliphatic carboxylic acids is 1. The zero-order valence-electron chi connectivity index (χ0n) is 23.0. The summed E-state index contributed by atoms with van der Waals surface area (Å²) in [7, 11) is 0. The fraction of sp³-hybridized carbons (Fsp3) is 0.387. The first-order chi connectivity index (χ1) is 19.7. The average Bonchev–Trinajstić information content (AvgIpc) is 3.41. The van der Waals surface area contributed by atoms with Gasteiger partial charge in [-0.3, -0.25) is 10.1 Å². The van der Waals surface area contributed by atoms with Gasteiger partial charge in [0.05, 0.1) is 21.8 Å². The van der Waals surface area contributed by atoms with Gasteiger partial charge in [-0.1, -0.05) is 67.9 Å². The first-order valence-electron chi connectivity index (χ1n) is 13.8. The van der Waals surface area contributed by atoms with E-state index in [9.17, 15) is 9.59 Å². The molecule has 1 fully saturated rings. The summed E-state index contributed by atoms with van der Waals surface area (Å²) in [6.45, 7) is 4.13. The predicted octanol–water partition coefficient (Wildman–Crippen LogP) is 9.43. The van der Waals surface area contributed by atoms with Crippen LogP contribution in [-0.4, -0.2) is 28.6 Å². The fourth-order valence-electron chi connectivity index (χ4n) is 4.99. The van der Waals surface area contributed by atoms with Crippen LogP contribution in [0.4, 0.5) is 9.52 Å². The van der Waals surface area contributed by atoms with Crippen LogP contribution in [0.15, 0.2) is 41.3 Å². The van der Waals surface area contributed by atoms with Crippen molar-refractivity contribution >= 4 is 57.6 Å². The molecule has 6 nitrogen and oxygen atoms in total. The molecule has 10 heteroatoms. The van der Waals surface area contributed by atoms with Gasteiger partial charge >= 0.3 is 5.97 Å². The summed E-state index contributed by atoms with van der Waals surface area (Å²) in [5.74, 6) is -1.67. The molecule has 218 valence electrons. The fourth-order valence-corrected chi connectivity index (χ4v) is 6.30. The summed E-state index contributed by atoms with van der Waals surface area (Å²) in [6, 6.07) is 8.14. The van der Waals surface area contributed by atoms with Crippen LogP contribution in [0.3, 0.4) is 0 Å². The minimum Gasteiger partial charge on any atom is -0.478 e. The number of anilines is 1. The molecule has 1 aromatic heterocycles. The number of hydrogen-bond acceptors (Lipinski definition) is 5. The second-order valence-corrected chi connectivity index (χ2v) is 11.9. The number of rotatable bonds is 11. The van der Waals surface area contributed by atoms with Crippen LogP contribution in [0, 0.1) is 11.7 Å². The molecule has 3 aromatic rings. The third kappa shape index (κ3) is 7.74. The van der Waals surface area contributed by atoms with Crippen LogP contribution < -0.4 is 5.32 Å². The molecule has 41 heavy (non-hydrogen) atoms. The highest BCUT2D eigenvalue weighted by Gasteiger charge is 2.29. The normalized spacial score (nSPS) is 15.1. The lowest BCUT2D eigenvalue weighted by molar-refractivity contribution is -0.132. The highest BCUT2D eigenvalue weighted by molar-refractivity contribution is 7.14. The van der Waals surface area contributed by atoms with Crippen molar-refractivity contribution in [3.8, 4) is 11.3 Å². The van der Waals surface area contributed by atoms with E-state index in [4.69, 9.17) is 33.0 Å². The van der Waals surface area contributed by atoms with Gasteiger partial charge in [-0.05, 0) is 56.4 Å². The molecule has 1 aliphatic rings. The number of nitrogens with one attached hydrogen (secondary N) is 1. The molecule has 0 radical (unpaired) electrons. The summed E-state index contributed by atoms with van der Waals surface area (Å²) in [4.78, 5) is 28.6. The molecule has 1 heterocycles. The minimum absolute atomic E-state index is 0.0511. The van der Waals surface area contributed by atoms with Gasteiger partial charge in [0.1, 0.15) is 5.82 Å². The molecule has 0 bridgehead atoms. The molecule has 1 atom stereocenters. The number of carbonyl (C=O) groups is 2. The number of amides is 1. The van der Waals surface area contributed by atoms with Crippen LogP contribution in [0.25, 0.3) is 17.3 Å². The Morgan fingerprint density at radius 1 is 1.22 bits per heavy atom. The van der Waals surface area contributed by atoms with E-state index in [1.54, 1.807) is 11.4 Å². The number of nitrogens with zero attached hydrogens (tertiary/aromatic N) is 1. The number of aromatic nitrogens is 1. The highest BCUT2D eigenvalue weighted by Crippen LogP contribution is 2.40. The van der Waals surface area contributed by atoms with Gasteiger partial charge in [-0.2, -0.15) is 0 Å². The Kier molecular flexibility index (Phi) is 10.9. The van der Waals surface area contributed by atoms with Crippen LogP contribution in [0.2, 0.25) is 10.0 Å². The van der Waals surface area contributed by atoms with Crippen molar-refractivity contribution in [1.82, 2.24) is 4.98 Å². The van der Waals surface area contributed by atoms with Gasteiger partial charge in [0.25, 0.3) is 5.91 Å². The number of halogens is 3. The molecule has 2 aromatic carbocycles. The van der Waals surface area contributed by atoms with Crippen LogP contribution >= 0.6 is 34.5 Å². The zero-order chi connectivity index (χ0) is 29.5. The van der Waals surface area contributed by atoms with E-state index in [1.807, 2.05) is 12.1 Å². The second kappa shape index (κ2) is 14.4. The second-order valence-electron chi connectivity index (χ2n) is 10.2. The lowest BCUT2D eigenvalue weighted by Gasteiger charge is -2.31. The molecule has 4 rings (SSSR count). The number of hydrogen-bond donors (Lipinski definition) is 2. The Hall–Kier alpha value is -2.78. The third-order valence-corrected chi connectivity index (χ3v) is 8.63. The molecule has 0 aliphatic heterocycles. The topological polar surface area (TPSA) is 88.5 Å². The monoisotopic (exact) mass is 618 g/mol. The van der Waals surface area contributed by atoms with Gasteiger partial charge in [-0.25, -0.2) is 14.2 Å². The highest BCUT2D eigenvalue weighted by atomic mass is 35.5. The first-order valence-corrected chi connectivity index (χ1v) is 15.4. The van der Waals surface area contributed by atoms with E-state index in [2.05, 4.69) is 17.2 Å². The molecule has 1 saturated carbocycles. The minimum atomic E-state index is -1.10. The first kappa shape index (κ1) is 31.2. The van der Waals surface area contributed by atoms with E-state index in [1.165, 1.54) is 42.9 Å². The quantitative estimate of drug-likeness (QED) is 0.165. The number of ether oxygens (including phenoxy) is 1. The maximum Gasteiger partial charge on any atom is 0.331 e. The van der Waals surface area contributed by atoms with Crippen molar-refractivity contribution < 1.29 is 23.8 Å². The van der Waals surface area contributed by atoms with Gasteiger partial charge < -0.3 is 9.84 Å². The standard InChI is InChI=1S/C31H33Cl2FN2O4S/c1-3-4-13-40-28(19-9-6-5-7-10-19)22-12-8-11-21(27(22)34)26-17-41-31(35-26)36-29(37)20-15-24(32)23(25(33)16-20)14-18(2)30(38)39/h8,11-12,14-17,19,28H,3-7,9-10,13H2,1-2H3,(H,38,39)(H,35,36,37). The molecule has 2 N–H and O–H groups in total. The largest absolute Gasteiger partial charge is 0.478 e. The SMILES string of the molecule is CCCCOC(c1cccc(-c2csc(NC(=O)c3cc(Cl)c(C=C(C)C(=O)O)c(Cl)c3)n2)c1F)C1CCCCC1. The number of thiazole rings is 1. The Bertz CT molecular complexity index is 1410. The molecular weight excluding hydrogens is 586 g/mol. The lowest BCUT2D eigenvalue weighted by atomic mass is 9.82. The van der Waals surface area contributed by atoms with Crippen molar-refractivity contribution in [3.05, 3.63) is 73.8 Å². The summed E-state index contributed by atoms with van der Waals surface area (Å²) in [5, 5.41) is 14.1. The molecule has 1 aliphatic carbocycles. The van der Waals surface area contributed by atoms with E-state index < -0.39 is 11.9 Å². The van der Waals surface area contributed by atoms with E-state index in [0.29, 0.717) is 29.0 Å². The van der Waals surface area contributed by atoms with Gasteiger partial charge in [0.15, 0.2) is 5.13 Å². The lowest BCUT2D eigenvalue weighted by Crippen LogP contribution is -2.21. The third-order valence-electron chi connectivity index (χ3n) is 7.25. The Labute approximate surface area is 253 Å². The Morgan fingerprint density at radius 3 is 2.59 bits per heavy atom. The van der Waals surface area contributed by atoms with Crippen molar-refractivity contribution in [1.29, 1.82) is 0 Å². The van der Waals surface area contributed by atoms with E-state index in [-0.39, 0.29) is 44.2 Å². The molecule has 1 amide bonds. The molecule has 0 spiro atoms. The number of carbonyl (C=O) groups excluding carboxylic acids is 1. The van der Waals surface area contributed by atoms with Crippen molar-refractivity contribution in [3.63, 3.8) is 0 Å². The molecule has 1 unspecified atom stereocenters. The summed E-state index contributed by atoms with van der Waals surface area (Å²) >= 11 is 13.8. The number of benzene rings is 2.